The molecule has 0 radical (unpaired) electrons. The number of nitro benzene ring substituents is 1. The molecule has 9 nitrogen and oxygen atoms in total. The predicted molar refractivity (Wildman–Crippen MR) is 174 cm³/mol. The van der Waals surface area contributed by atoms with Crippen molar-refractivity contribution in [2.24, 2.45) is 0 Å². The lowest BCUT2D eigenvalue weighted by Gasteiger charge is -2.28. The quantitative estimate of drug-likeness (QED) is 0.109. The molecular formula is C34H31N5O4S. The monoisotopic (exact) mass is 605 g/mol. The normalized spacial score (nSPS) is 16.1. The zero-order chi connectivity index (χ0) is 31.0. The van der Waals surface area contributed by atoms with Crippen molar-refractivity contribution in [2.75, 3.05) is 12.0 Å². The Morgan fingerprint density at radius 3 is 2.27 bits per heavy atom. The molecule has 0 amide bonds. The molecule has 0 bridgehead atoms. The Bertz CT molecular complexity index is 1840. The maximum atomic E-state index is 11.4. The molecule has 1 saturated heterocycles. The number of pyridine rings is 1. The summed E-state index contributed by atoms with van der Waals surface area (Å²) in [6.45, 7) is 6.09. The zero-order valence-electron chi connectivity index (χ0n) is 24.7. The van der Waals surface area contributed by atoms with Crippen molar-refractivity contribution in [3.63, 3.8) is 0 Å². The molecular weight excluding hydrogens is 574 g/mol. The summed E-state index contributed by atoms with van der Waals surface area (Å²) in [5, 5.41) is 15.5. The van der Waals surface area contributed by atoms with E-state index in [-0.39, 0.29) is 17.8 Å². The van der Waals surface area contributed by atoms with Crippen LogP contribution in [0.2, 0.25) is 0 Å². The van der Waals surface area contributed by atoms with Crippen LogP contribution >= 0.6 is 12.2 Å². The molecule has 222 valence electrons. The Hall–Kier alpha value is -5.22. The number of anilines is 1. The van der Waals surface area contributed by atoms with Crippen LogP contribution in [0.5, 0.6) is 17.2 Å². The largest absolute Gasteiger partial charge is 0.494 e. The molecule has 2 atom stereocenters. The standard InChI is InChI=1S/C34H31N5O4S/c1-21-8-13-26(14-9-21)43-27-15-10-24(11-16-27)38-33(32(36-34(38)44)29-7-5-6-18-35-29)28-19-22(2)37(23(28)3)30-17-12-25(39(40)41)20-31(30)42-4/h5-20,32-33H,1-4H3,(H,36,44)/t32-,33+/m0/s1. The van der Waals surface area contributed by atoms with Crippen molar-refractivity contribution in [1.29, 1.82) is 0 Å². The van der Waals surface area contributed by atoms with Crippen molar-refractivity contribution < 1.29 is 14.4 Å². The summed E-state index contributed by atoms with van der Waals surface area (Å²) < 4.78 is 13.7. The van der Waals surface area contributed by atoms with Crippen LogP contribution in [-0.2, 0) is 0 Å². The first-order chi connectivity index (χ1) is 21.2. The van der Waals surface area contributed by atoms with E-state index in [1.165, 1.54) is 24.8 Å². The Morgan fingerprint density at radius 1 is 0.932 bits per heavy atom. The van der Waals surface area contributed by atoms with E-state index >= 15 is 0 Å². The summed E-state index contributed by atoms with van der Waals surface area (Å²) in [4.78, 5) is 17.8. The summed E-state index contributed by atoms with van der Waals surface area (Å²) in [5.74, 6) is 1.90. The third-order valence-corrected chi connectivity index (χ3v) is 8.19. The molecule has 0 unspecified atom stereocenters. The Balaban J connectivity index is 1.42. The van der Waals surface area contributed by atoms with Gasteiger partial charge in [-0.2, -0.15) is 0 Å². The smallest absolute Gasteiger partial charge is 0.273 e. The maximum Gasteiger partial charge on any atom is 0.273 e. The first-order valence-corrected chi connectivity index (χ1v) is 14.5. The summed E-state index contributed by atoms with van der Waals surface area (Å²) in [7, 11) is 1.52. The number of non-ortho nitro benzene ring substituents is 1. The van der Waals surface area contributed by atoms with Crippen molar-refractivity contribution in [3.8, 4) is 22.9 Å². The highest BCUT2D eigenvalue weighted by Gasteiger charge is 2.42. The number of methoxy groups -OCH3 is 1. The van der Waals surface area contributed by atoms with Gasteiger partial charge in [0, 0.05) is 29.3 Å². The number of ether oxygens (including phenoxy) is 2. The van der Waals surface area contributed by atoms with Gasteiger partial charge in [-0.15, -0.1) is 0 Å². The third-order valence-electron chi connectivity index (χ3n) is 7.87. The van der Waals surface area contributed by atoms with Crippen LogP contribution < -0.4 is 19.7 Å². The van der Waals surface area contributed by atoms with Gasteiger partial charge in [-0.25, -0.2) is 0 Å². The van der Waals surface area contributed by atoms with Crippen molar-refractivity contribution >= 4 is 28.7 Å². The summed E-state index contributed by atoms with van der Waals surface area (Å²) in [6, 6.07) is 28.0. The van der Waals surface area contributed by atoms with E-state index < -0.39 is 4.92 Å². The van der Waals surface area contributed by atoms with Crippen molar-refractivity contribution in [2.45, 2.75) is 32.9 Å². The Labute approximate surface area is 260 Å². The molecule has 0 aliphatic carbocycles. The number of nitrogens with zero attached hydrogens (tertiary/aromatic N) is 4. The van der Waals surface area contributed by atoms with Crippen LogP contribution in [-0.4, -0.2) is 26.7 Å². The molecule has 1 N–H and O–H groups in total. The molecule has 5 aromatic rings. The number of nitrogens with one attached hydrogen (secondary N) is 1. The number of aryl methyl sites for hydroxylation is 2. The number of hydrogen-bond donors (Lipinski definition) is 1. The molecule has 0 saturated carbocycles. The molecule has 6 rings (SSSR count). The van der Waals surface area contributed by atoms with E-state index in [0.29, 0.717) is 16.5 Å². The molecule has 0 spiro atoms. The molecule has 1 fully saturated rings. The van der Waals surface area contributed by atoms with Crippen LogP contribution in [0.15, 0.2) is 97.2 Å². The van der Waals surface area contributed by atoms with Gasteiger partial charge in [0.25, 0.3) is 5.69 Å². The third kappa shape index (κ3) is 5.35. The minimum absolute atomic E-state index is 0.0326. The van der Waals surface area contributed by atoms with E-state index in [4.69, 9.17) is 21.7 Å². The molecule has 2 aromatic heterocycles. The van der Waals surface area contributed by atoms with E-state index in [0.717, 1.165) is 39.8 Å². The summed E-state index contributed by atoms with van der Waals surface area (Å²) >= 11 is 5.95. The van der Waals surface area contributed by atoms with E-state index in [1.807, 2.05) is 87.5 Å². The summed E-state index contributed by atoms with van der Waals surface area (Å²) in [5.41, 5.74) is 6.55. The first kappa shape index (κ1) is 28.9. The molecule has 1 aliphatic rings. The fraction of sp³-hybridized carbons (Fsp3) is 0.176. The second-order valence-corrected chi connectivity index (χ2v) is 11.1. The van der Waals surface area contributed by atoms with Gasteiger partial charge in [0.15, 0.2) is 5.11 Å². The number of aromatic nitrogens is 2. The van der Waals surface area contributed by atoms with E-state index in [1.54, 1.807) is 12.3 Å². The minimum atomic E-state index is -0.426. The average molecular weight is 606 g/mol. The lowest BCUT2D eigenvalue weighted by molar-refractivity contribution is -0.384. The van der Waals surface area contributed by atoms with Gasteiger partial charge in [-0.05, 0) is 99.2 Å². The second-order valence-electron chi connectivity index (χ2n) is 10.7. The number of benzene rings is 3. The van der Waals surface area contributed by atoms with E-state index in [9.17, 15) is 10.1 Å². The lowest BCUT2D eigenvalue weighted by atomic mass is 9.96. The van der Waals surface area contributed by atoms with Crippen LogP contribution in [0.1, 0.15) is 40.3 Å². The minimum Gasteiger partial charge on any atom is -0.494 e. The summed E-state index contributed by atoms with van der Waals surface area (Å²) in [6.07, 6.45) is 1.78. The molecule has 44 heavy (non-hydrogen) atoms. The topological polar surface area (TPSA) is 94.7 Å². The second kappa shape index (κ2) is 11.8. The number of nitro groups is 1. The molecule has 1 aliphatic heterocycles. The fourth-order valence-corrected chi connectivity index (χ4v) is 6.13. The van der Waals surface area contributed by atoms with Gasteiger partial charge in [0.2, 0.25) is 0 Å². The van der Waals surface area contributed by atoms with Gasteiger partial charge in [-0.1, -0.05) is 23.8 Å². The van der Waals surface area contributed by atoms with Gasteiger partial charge in [0.05, 0.1) is 41.6 Å². The zero-order valence-corrected chi connectivity index (χ0v) is 25.5. The van der Waals surface area contributed by atoms with Crippen LogP contribution in [0.3, 0.4) is 0 Å². The van der Waals surface area contributed by atoms with Crippen molar-refractivity contribution in [1.82, 2.24) is 14.9 Å². The van der Waals surface area contributed by atoms with E-state index in [2.05, 4.69) is 25.8 Å². The molecule has 10 heteroatoms. The number of rotatable bonds is 8. The average Bonchev–Trinajstić information content (AvgIpc) is 3.53. The lowest BCUT2D eigenvalue weighted by Crippen LogP contribution is -2.29. The highest BCUT2D eigenvalue weighted by molar-refractivity contribution is 7.80. The van der Waals surface area contributed by atoms with Gasteiger partial charge >= 0.3 is 0 Å². The highest BCUT2D eigenvalue weighted by Crippen LogP contribution is 2.44. The first-order valence-electron chi connectivity index (χ1n) is 14.1. The highest BCUT2D eigenvalue weighted by atomic mass is 32.1. The van der Waals surface area contributed by atoms with Crippen LogP contribution in [0.4, 0.5) is 11.4 Å². The Kier molecular flexibility index (Phi) is 7.75. The van der Waals surface area contributed by atoms with Gasteiger partial charge in [-0.3, -0.25) is 15.1 Å². The van der Waals surface area contributed by atoms with Gasteiger partial charge < -0.3 is 24.3 Å². The van der Waals surface area contributed by atoms with Crippen LogP contribution in [0, 0.1) is 30.9 Å². The van der Waals surface area contributed by atoms with Crippen LogP contribution in [0.25, 0.3) is 5.69 Å². The molecule has 3 heterocycles. The number of thiocarbonyl (C=S) groups is 1. The maximum absolute atomic E-state index is 11.4. The SMILES string of the molecule is COc1cc([N+](=O)[O-])ccc1-n1c(C)cc([C@@H]2[C@H](c3ccccn3)NC(=S)N2c2ccc(Oc3ccc(C)cc3)cc2)c1C. The fourth-order valence-electron chi connectivity index (χ4n) is 5.79. The Morgan fingerprint density at radius 2 is 1.64 bits per heavy atom. The molecule has 3 aromatic carbocycles. The van der Waals surface area contributed by atoms with Gasteiger partial charge in [0.1, 0.15) is 17.2 Å². The van der Waals surface area contributed by atoms with Crippen molar-refractivity contribution in [3.05, 3.63) is 136 Å². The number of hydrogen-bond acceptors (Lipinski definition) is 6. The predicted octanol–water partition coefficient (Wildman–Crippen LogP) is 7.68.